The fourth-order valence-electron chi connectivity index (χ4n) is 1.17. The number of aliphatic hydroxyl groups is 2. The molecule has 0 aromatic heterocycles. The maximum atomic E-state index is 8.73. The Labute approximate surface area is 92.8 Å². The maximum Gasteiger partial charge on any atom is 0.104 e. The normalized spacial score (nSPS) is 11.7. The Morgan fingerprint density at radius 1 is 1.07 bits per heavy atom. The van der Waals surface area contributed by atoms with Gasteiger partial charge in [0.05, 0.1) is 13.2 Å². The predicted molar refractivity (Wildman–Crippen MR) is 61.8 cm³/mol. The molecule has 0 aliphatic carbocycles. The number of hydrogen-bond donors (Lipinski definition) is 2. The Balaban J connectivity index is 3.20. The van der Waals surface area contributed by atoms with Crippen molar-refractivity contribution in [3.05, 3.63) is 12.2 Å². The molecule has 0 fully saturated rings. The first-order valence-electron chi connectivity index (χ1n) is 5.83. The molecule has 0 aromatic rings. The van der Waals surface area contributed by atoms with Gasteiger partial charge in [-0.25, -0.2) is 0 Å². The second kappa shape index (κ2) is 11.7. The van der Waals surface area contributed by atoms with Crippen LogP contribution in [0.2, 0.25) is 0 Å². The summed E-state index contributed by atoms with van der Waals surface area (Å²) < 4.78 is 5.23. The smallest absolute Gasteiger partial charge is 0.104 e. The molecule has 0 rings (SSSR count). The lowest BCUT2D eigenvalue weighted by molar-refractivity contribution is -0.0201. The van der Waals surface area contributed by atoms with Crippen molar-refractivity contribution in [1.29, 1.82) is 0 Å². The highest BCUT2D eigenvalue weighted by molar-refractivity contribution is 4.81. The minimum Gasteiger partial charge on any atom is -0.394 e. The molecule has 0 spiro atoms. The van der Waals surface area contributed by atoms with Crippen molar-refractivity contribution >= 4 is 0 Å². The molecule has 2 N–H and O–H groups in total. The standard InChI is InChI=1S/C12H24O3/c1-2-3-4-5-6-7-8-9-15-12(10-13)11-14/h5-6,12-14H,2-4,7-11H2,1H3/b6-5+. The van der Waals surface area contributed by atoms with Crippen LogP contribution in [-0.2, 0) is 4.74 Å². The molecule has 0 aliphatic heterocycles. The fourth-order valence-corrected chi connectivity index (χ4v) is 1.17. The summed E-state index contributed by atoms with van der Waals surface area (Å²) in [5.41, 5.74) is 0. The molecule has 0 aromatic carbocycles. The van der Waals surface area contributed by atoms with Crippen LogP contribution in [0.25, 0.3) is 0 Å². The van der Waals surface area contributed by atoms with Crippen molar-refractivity contribution in [1.82, 2.24) is 0 Å². The number of unbranched alkanes of at least 4 members (excludes halogenated alkanes) is 3. The molecule has 3 nitrogen and oxygen atoms in total. The Kier molecular flexibility index (Phi) is 11.4. The van der Waals surface area contributed by atoms with Gasteiger partial charge in [-0.05, 0) is 19.3 Å². The maximum absolute atomic E-state index is 8.73. The molecule has 0 saturated heterocycles. The van der Waals surface area contributed by atoms with Gasteiger partial charge < -0.3 is 14.9 Å². The molecule has 0 atom stereocenters. The van der Waals surface area contributed by atoms with Crippen molar-refractivity contribution in [2.45, 2.75) is 45.1 Å². The van der Waals surface area contributed by atoms with E-state index in [0.29, 0.717) is 6.61 Å². The zero-order chi connectivity index (χ0) is 11.4. The molecule has 0 amide bonds. The lowest BCUT2D eigenvalue weighted by atomic mass is 10.2. The van der Waals surface area contributed by atoms with E-state index in [0.717, 1.165) is 19.3 Å². The number of rotatable bonds is 10. The van der Waals surface area contributed by atoms with E-state index in [1.165, 1.54) is 12.8 Å². The van der Waals surface area contributed by atoms with E-state index in [9.17, 15) is 0 Å². The van der Waals surface area contributed by atoms with E-state index < -0.39 is 6.10 Å². The lowest BCUT2D eigenvalue weighted by Gasteiger charge is -2.11. The molecule has 0 radical (unpaired) electrons. The van der Waals surface area contributed by atoms with Gasteiger partial charge in [-0.3, -0.25) is 0 Å². The monoisotopic (exact) mass is 216 g/mol. The minimum atomic E-state index is -0.408. The van der Waals surface area contributed by atoms with E-state index in [1.54, 1.807) is 0 Å². The SMILES string of the molecule is CCCC/C=C/CCCOC(CO)CO. The van der Waals surface area contributed by atoms with Crippen LogP contribution in [0.4, 0.5) is 0 Å². The van der Waals surface area contributed by atoms with Crippen LogP contribution in [0.1, 0.15) is 39.0 Å². The quantitative estimate of drug-likeness (QED) is 0.433. The van der Waals surface area contributed by atoms with Crippen LogP contribution in [-0.4, -0.2) is 36.1 Å². The zero-order valence-electron chi connectivity index (χ0n) is 9.69. The first-order chi connectivity index (χ1) is 7.35. The third-order valence-corrected chi connectivity index (χ3v) is 2.17. The first-order valence-corrected chi connectivity index (χ1v) is 5.83. The number of ether oxygens (including phenoxy) is 1. The summed E-state index contributed by atoms with van der Waals surface area (Å²) in [5.74, 6) is 0. The van der Waals surface area contributed by atoms with Crippen LogP contribution < -0.4 is 0 Å². The van der Waals surface area contributed by atoms with Gasteiger partial charge in [0.1, 0.15) is 6.10 Å². The Bertz CT molecular complexity index is 142. The van der Waals surface area contributed by atoms with Gasteiger partial charge in [-0.2, -0.15) is 0 Å². The highest BCUT2D eigenvalue weighted by atomic mass is 16.5. The third-order valence-electron chi connectivity index (χ3n) is 2.17. The van der Waals surface area contributed by atoms with E-state index in [-0.39, 0.29) is 13.2 Å². The summed E-state index contributed by atoms with van der Waals surface area (Å²) >= 11 is 0. The minimum absolute atomic E-state index is 0.108. The van der Waals surface area contributed by atoms with Crippen molar-refractivity contribution in [2.75, 3.05) is 19.8 Å². The summed E-state index contributed by atoms with van der Waals surface area (Å²) in [4.78, 5) is 0. The van der Waals surface area contributed by atoms with Gasteiger partial charge in [0.15, 0.2) is 0 Å². The van der Waals surface area contributed by atoms with E-state index in [2.05, 4.69) is 19.1 Å². The second-order valence-corrected chi connectivity index (χ2v) is 3.61. The van der Waals surface area contributed by atoms with Crippen LogP contribution in [0, 0.1) is 0 Å². The molecular weight excluding hydrogens is 192 g/mol. The molecule has 0 aliphatic rings. The number of hydrogen-bond acceptors (Lipinski definition) is 3. The summed E-state index contributed by atoms with van der Waals surface area (Å²) in [6.45, 7) is 2.57. The lowest BCUT2D eigenvalue weighted by Crippen LogP contribution is -2.22. The summed E-state index contributed by atoms with van der Waals surface area (Å²) in [6, 6.07) is 0. The van der Waals surface area contributed by atoms with Crippen molar-refractivity contribution in [3.63, 3.8) is 0 Å². The van der Waals surface area contributed by atoms with Gasteiger partial charge in [0.25, 0.3) is 0 Å². The van der Waals surface area contributed by atoms with Crippen molar-refractivity contribution in [2.24, 2.45) is 0 Å². The van der Waals surface area contributed by atoms with E-state index in [1.807, 2.05) is 0 Å². The Morgan fingerprint density at radius 2 is 1.67 bits per heavy atom. The number of aliphatic hydroxyl groups excluding tert-OH is 2. The largest absolute Gasteiger partial charge is 0.394 e. The van der Waals surface area contributed by atoms with Crippen molar-refractivity contribution in [3.8, 4) is 0 Å². The average Bonchev–Trinajstić information content (AvgIpc) is 2.27. The van der Waals surface area contributed by atoms with Gasteiger partial charge in [-0.1, -0.05) is 31.9 Å². The zero-order valence-corrected chi connectivity index (χ0v) is 9.69. The summed E-state index contributed by atoms with van der Waals surface area (Å²) in [5, 5.41) is 17.5. The molecular formula is C12H24O3. The van der Waals surface area contributed by atoms with Crippen molar-refractivity contribution < 1.29 is 14.9 Å². The molecule has 90 valence electrons. The molecule has 0 bridgehead atoms. The van der Waals surface area contributed by atoms with Gasteiger partial charge in [-0.15, -0.1) is 0 Å². The van der Waals surface area contributed by atoms with Gasteiger partial charge in [0.2, 0.25) is 0 Å². The molecule has 0 saturated carbocycles. The average molecular weight is 216 g/mol. The molecule has 3 heteroatoms. The van der Waals surface area contributed by atoms with E-state index in [4.69, 9.17) is 14.9 Å². The third kappa shape index (κ3) is 9.91. The van der Waals surface area contributed by atoms with Crippen LogP contribution in [0.15, 0.2) is 12.2 Å². The molecule has 0 heterocycles. The Morgan fingerprint density at radius 3 is 2.20 bits per heavy atom. The van der Waals surface area contributed by atoms with Gasteiger partial charge in [0, 0.05) is 6.61 Å². The van der Waals surface area contributed by atoms with Crippen LogP contribution in [0.3, 0.4) is 0 Å². The van der Waals surface area contributed by atoms with Crippen LogP contribution in [0.5, 0.6) is 0 Å². The highest BCUT2D eigenvalue weighted by Crippen LogP contribution is 1.99. The second-order valence-electron chi connectivity index (χ2n) is 3.61. The van der Waals surface area contributed by atoms with Gasteiger partial charge >= 0.3 is 0 Å². The molecule has 0 unspecified atom stereocenters. The first kappa shape index (κ1) is 14.6. The topological polar surface area (TPSA) is 49.7 Å². The Hall–Kier alpha value is -0.380. The van der Waals surface area contributed by atoms with E-state index >= 15 is 0 Å². The number of allylic oxidation sites excluding steroid dienone is 2. The predicted octanol–water partition coefficient (Wildman–Crippen LogP) is 1.88. The highest BCUT2D eigenvalue weighted by Gasteiger charge is 2.03. The summed E-state index contributed by atoms with van der Waals surface area (Å²) in [6.07, 6.45) is 9.57. The van der Waals surface area contributed by atoms with Crippen LogP contribution >= 0.6 is 0 Å². The molecule has 15 heavy (non-hydrogen) atoms. The fraction of sp³-hybridized carbons (Fsp3) is 0.833. The summed E-state index contributed by atoms with van der Waals surface area (Å²) in [7, 11) is 0.